The largest absolute Gasteiger partial charge is 0.463 e. The summed E-state index contributed by atoms with van der Waals surface area (Å²) in [4.78, 5) is 2.52. The van der Waals surface area contributed by atoms with E-state index in [0.717, 1.165) is 49.4 Å². The van der Waals surface area contributed by atoms with Crippen molar-refractivity contribution in [1.82, 2.24) is 10.2 Å². The fourth-order valence-electron chi connectivity index (χ4n) is 2.76. The van der Waals surface area contributed by atoms with Crippen molar-refractivity contribution >= 4 is 0 Å². The minimum absolute atomic E-state index is 0.801. The zero-order valence-electron chi connectivity index (χ0n) is 12.6. The minimum Gasteiger partial charge on any atom is -0.463 e. The summed E-state index contributed by atoms with van der Waals surface area (Å²) in [6.07, 6.45) is 2.50. The Hall–Kier alpha value is -0.800. The van der Waals surface area contributed by atoms with Crippen LogP contribution in [0.1, 0.15) is 45.1 Å². The lowest BCUT2D eigenvalue weighted by Crippen LogP contribution is -2.21. The molecule has 1 aromatic heterocycles. The first-order valence-electron chi connectivity index (χ1n) is 7.69. The maximum Gasteiger partial charge on any atom is 0.118 e. The predicted molar refractivity (Wildman–Crippen MR) is 78.9 cm³/mol. The number of hydrogen-bond donors (Lipinski definition) is 1. The number of rotatable bonds is 7. The van der Waals surface area contributed by atoms with Crippen LogP contribution in [0.25, 0.3) is 0 Å². The highest BCUT2D eigenvalue weighted by molar-refractivity contribution is 5.07. The molecule has 2 rings (SSSR count). The molecule has 1 saturated heterocycles. The number of nitrogens with zero attached hydrogens (tertiary/aromatic N) is 1. The molecule has 1 atom stereocenters. The monoisotopic (exact) mass is 264 g/mol. The molecule has 3 heteroatoms. The van der Waals surface area contributed by atoms with Gasteiger partial charge >= 0.3 is 0 Å². The highest BCUT2D eigenvalue weighted by atomic mass is 16.3. The van der Waals surface area contributed by atoms with Crippen molar-refractivity contribution in [3.8, 4) is 0 Å². The fourth-order valence-corrected chi connectivity index (χ4v) is 2.76. The summed E-state index contributed by atoms with van der Waals surface area (Å²) in [5.74, 6) is 3.83. The zero-order chi connectivity index (χ0) is 13.7. The van der Waals surface area contributed by atoms with Crippen LogP contribution in [-0.4, -0.2) is 24.5 Å². The van der Waals surface area contributed by atoms with E-state index in [2.05, 4.69) is 43.1 Å². The standard InChI is InChI=1S/C16H28N2O/c1-4-8-17-10-15-5-6-16(19-15)12-18-9-7-14(11-18)13(2)3/h5-6,13-14,17H,4,7-12H2,1-3H3. The van der Waals surface area contributed by atoms with Gasteiger partial charge in [0.2, 0.25) is 0 Å². The second kappa shape index (κ2) is 7.11. The molecule has 0 bridgehead atoms. The van der Waals surface area contributed by atoms with E-state index in [0.29, 0.717) is 0 Å². The average Bonchev–Trinajstić information content (AvgIpc) is 3.00. The Kier molecular flexibility index (Phi) is 5.46. The van der Waals surface area contributed by atoms with Crippen molar-refractivity contribution < 1.29 is 4.42 Å². The number of nitrogens with one attached hydrogen (secondary N) is 1. The maximum absolute atomic E-state index is 5.88. The van der Waals surface area contributed by atoms with Crippen molar-refractivity contribution in [2.45, 2.75) is 46.7 Å². The Labute approximate surface area is 117 Å². The Morgan fingerprint density at radius 1 is 1.37 bits per heavy atom. The minimum atomic E-state index is 0.801. The highest BCUT2D eigenvalue weighted by Crippen LogP contribution is 2.25. The first-order chi connectivity index (χ1) is 9.19. The highest BCUT2D eigenvalue weighted by Gasteiger charge is 2.25. The summed E-state index contributed by atoms with van der Waals surface area (Å²) in [6, 6.07) is 4.24. The molecule has 0 aliphatic carbocycles. The normalized spacial score (nSPS) is 20.5. The molecule has 108 valence electrons. The van der Waals surface area contributed by atoms with Gasteiger partial charge in [-0.2, -0.15) is 0 Å². The molecular formula is C16H28N2O. The van der Waals surface area contributed by atoms with Crippen LogP contribution < -0.4 is 5.32 Å². The third-order valence-electron chi connectivity index (χ3n) is 4.07. The summed E-state index contributed by atoms with van der Waals surface area (Å²) in [5, 5.41) is 3.37. The van der Waals surface area contributed by atoms with E-state index >= 15 is 0 Å². The van der Waals surface area contributed by atoms with Crippen LogP contribution in [-0.2, 0) is 13.1 Å². The lowest BCUT2D eigenvalue weighted by atomic mass is 9.95. The van der Waals surface area contributed by atoms with Gasteiger partial charge in [-0.25, -0.2) is 0 Å². The van der Waals surface area contributed by atoms with Crippen molar-refractivity contribution in [2.24, 2.45) is 11.8 Å². The quantitative estimate of drug-likeness (QED) is 0.766. The molecule has 2 heterocycles. The summed E-state index contributed by atoms with van der Waals surface area (Å²) in [7, 11) is 0. The molecule has 1 aliphatic heterocycles. The van der Waals surface area contributed by atoms with Crippen molar-refractivity contribution in [3.63, 3.8) is 0 Å². The lowest BCUT2D eigenvalue weighted by Gasteiger charge is -2.16. The van der Waals surface area contributed by atoms with Crippen LogP contribution in [0.15, 0.2) is 16.5 Å². The van der Waals surface area contributed by atoms with E-state index in [1.54, 1.807) is 0 Å². The van der Waals surface area contributed by atoms with Crippen LogP contribution in [0.4, 0.5) is 0 Å². The summed E-state index contributed by atoms with van der Waals surface area (Å²) < 4.78 is 5.88. The summed E-state index contributed by atoms with van der Waals surface area (Å²) in [6.45, 7) is 12.2. The molecule has 1 fully saturated rings. The molecule has 1 N–H and O–H groups in total. The van der Waals surface area contributed by atoms with Gasteiger partial charge in [-0.3, -0.25) is 4.90 Å². The fraction of sp³-hybridized carbons (Fsp3) is 0.750. The van der Waals surface area contributed by atoms with E-state index in [4.69, 9.17) is 4.42 Å². The second-order valence-corrected chi connectivity index (χ2v) is 6.07. The van der Waals surface area contributed by atoms with Gasteiger partial charge in [0.05, 0.1) is 13.1 Å². The Bertz CT molecular complexity index is 373. The van der Waals surface area contributed by atoms with Gasteiger partial charge < -0.3 is 9.73 Å². The second-order valence-electron chi connectivity index (χ2n) is 6.07. The van der Waals surface area contributed by atoms with Crippen LogP contribution in [0.3, 0.4) is 0 Å². The van der Waals surface area contributed by atoms with Crippen molar-refractivity contribution in [1.29, 1.82) is 0 Å². The maximum atomic E-state index is 5.88. The average molecular weight is 264 g/mol. The zero-order valence-corrected chi connectivity index (χ0v) is 12.6. The van der Waals surface area contributed by atoms with Gasteiger partial charge in [0.15, 0.2) is 0 Å². The van der Waals surface area contributed by atoms with Crippen LogP contribution in [0, 0.1) is 11.8 Å². The molecule has 0 amide bonds. The smallest absolute Gasteiger partial charge is 0.118 e. The van der Waals surface area contributed by atoms with Gasteiger partial charge in [-0.15, -0.1) is 0 Å². The molecule has 0 aromatic carbocycles. The first kappa shape index (κ1) is 14.6. The number of furan rings is 1. The van der Waals surface area contributed by atoms with Gasteiger partial charge in [0.1, 0.15) is 11.5 Å². The third kappa shape index (κ3) is 4.36. The Morgan fingerprint density at radius 3 is 2.84 bits per heavy atom. The Balaban J connectivity index is 1.77. The number of hydrogen-bond acceptors (Lipinski definition) is 3. The molecule has 0 radical (unpaired) electrons. The van der Waals surface area contributed by atoms with Gasteiger partial charge in [-0.1, -0.05) is 20.8 Å². The van der Waals surface area contributed by atoms with Gasteiger partial charge in [0.25, 0.3) is 0 Å². The molecule has 3 nitrogen and oxygen atoms in total. The van der Waals surface area contributed by atoms with E-state index < -0.39 is 0 Å². The van der Waals surface area contributed by atoms with E-state index in [1.807, 2.05) is 0 Å². The van der Waals surface area contributed by atoms with E-state index in [-0.39, 0.29) is 0 Å². The molecule has 19 heavy (non-hydrogen) atoms. The van der Waals surface area contributed by atoms with Crippen LogP contribution in [0.2, 0.25) is 0 Å². The van der Waals surface area contributed by atoms with E-state index in [1.165, 1.54) is 19.5 Å². The molecule has 0 spiro atoms. The topological polar surface area (TPSA) is 28.4 Å². The van der Waals surface area contributed by atoms with Crippen LogP contribution >= 0.6 is 0 Å². The first-order valence-corrected chi connectivity index (χ1v) is 7.69. The summed E-state index contributed by atoms with van der Waals surface area (Å²) >= 11 is 0. The van der Waals surface area contributed by atoms with E-state index in [9.17, 15) is 0 Å². The molecule has 1 aromatic rings. The Morgan fingerprint density at radius 2 is 2.16 bits per heavy atom. The van der Waals surface area contributed by atoms with Crippen molar-refractivity contribution in [2.75, 3.05) is 19.6 Å². The number of likely N-dealkylation sites (tertiary alicyclic amines) is 1. The van der Waals surface area contributed by atoms with Crippen molar-refractivity contribution in [3.05, 3.63) is 23.7 Å². The summed E-state index contributed by atoms with van der Waals surface area (Å²) in [5.41, 5.74) is 0. The molecule has 0 saturated carbocycles. The molecular weight excluding hydrogens is 236 g/mol. The van der Waals surface area contributed by atoms with Gasteiger partial charge in [0, 0.05) is 6.54 Å². The van der Waals surface area contributed by atoms with Crippen LogP contribution in [0.5, 0.6) is 0 Å². The molecule has 1 unspecified atom stereocenters. The predicted octanol–water partition coefficient (Wildman–Crippen LogP) is 3.26. The third-order valence-corrected chi connectivity index (χ3v) is 4.07. The SMILES string of the molecule is CCCNCc1ccc(CN2CCC(C(C)C)C2)o1. The van der Waals surface area contributed by atoms with Gasteiger partial charge in [-0.05, 0) is 49.9 Å². The molecule has 1 aliphatic rings. The lowest BCUT2D eigenvalue weighted by molar-refractivity contribution is 0.269.